The molecule has 1 atom stereocenters. The number of H-pyrrole nitrogens is 1. The molecule has 2 aromatic rings. The van der Waals surface area contributed by atoms with E-state index in [0.717, 1.165) is 22.2 Å². The SMILES string of the molecule is CCOc1ccccc1C(N)CSc1ncc[nH]1. The van der Waals surface area contributed by atoms with E-state index in [2.05, 4.69) is 9.97 Å². The minimum Gasteiger partial charge on any atom is -0.494 e. The highest BCUT2D eigenvalue weighted by molar-refractivity contribution is 7.99. The number of nitrogens with one attached hydrogen (secondary N) is 1. The molecular formula is C13H17N3OS. The highest BCUT2D eigenvalue weighted by Gasteiger charge is 2.12. The van der Waals surface area contributed by atoms with Gasteiger partial charge in [0.15, 0.2) is 5.16 Å². The molecule has 1 aromatic carbocycles. The van der Waals surface area contributed by atoms with E-state index in [-0.39, 0.29) is 6.04 Å². The Balaban J connectivity index is 2.01. The number of thioether (sulfide) groups is 1. The number of aromatic nitrogens is 2. The fourth-order valence-electron chi connectivity index (χ4n) is 1.66. The van der Waals surface area contributed by atoms with Crippen LogP contribution < -0.4 is 10.5 Å². The molecule has 0 radical (unpaired) electrons. The Bertz CT molecular complexity index is 473. The molecule has 0 bridgehead atoms. The topological polar surface area (TPSA) is 63.9 Å². The minimum atomic E-state index is -0.0668. The van der Waals surface area contributed by atoms with Gasteiger partial charge in [0, 0.05) is 29.8 Å². The van der Waals surface area contributed by atoms with E-state index in [1.165, 1.54) is 0 Å². The van der Waals surface area contributed by atoms with Crippen molar-refractivity contribution in [1.29, 1.82) is 0 Å². The number of hydrogen-bond donors (Lipinski definition) is 2. The number of aromatic amines is 1. The molecule has 0 fully saturated rings. The van der Waals surface area contributed by atoms with Crippen molar-refractivity contribution >= 4 is 11.8 Å². The summed E-state index contributed by atoms with van der Waals surface area (Å²) < 4.78 is 5.58. The molecule has 5 heteroatoms. The largest absolute Gasteiger partial charge is 0.494 e. The van der Waals surface area contributed by atoms with Crippen LogP contribution in [0.5, 0.6) is 5.75 Å². The zero-order valence-electron chi connectivity index (χ0n) is 10.3. The first-order chi connectivity index (χ1) is 8.81. The van der Waals surface area contributed by atoms with Crippen molar-refractivity contribution in [3.63, 3.8) is 0 Å². The maximum absolute atomic E-state index is 6.20. The van der Waals surface area contributed by atoms with Gasteiger partial charge < -0.3 is 15.5 Å². The minimum absolute atomic E-state index is 0.0668. The fourth-order valence-corrected chi connectivity index (χ4v) is 2.47. The molecule has 0 aliphatic rings. The van der Waals surface area contributed by atoms with E-state index in [9.17, 15) is 0 Å². The molecule has 1 heterocycles. The normalized spacial score (nSPS) is 12.3. The Morgan fingerprint density at radius 3 is 3.00 bits per heavy atom. The van der Waals surface area contributed by atoms with Crippen molar-refractivity contribution in [3.05, 3.63) is 42.2 Å². The van der Waals surface area contributed by atoms with E-state index < -0.39 is 0 Å². The Labute approximate surface area is 111 Å². The molecule has 1 unspecified atom stereocenters. The lowest BCUT2D eigenvalue weighted by molar-refractivity contribution is 0.335. The van der Waals surface area contributed by atoms with E-state index in [0.29, 0.717) is 6.61 Å². The molecule has 96 valence electrons. The number of nitrogens with two attached hydrogens (primary N) is 1. The summed E-state index contributed by atoms with van der Waals surface area (Å²) in [5, 5.41) is 0.888. The predicted molar refractivity (Wildman–Crippen MR) is 73.9 cm³/mol. The van der Waals surface area contributed by atoms with Crippen LogP contribution in [0.15, 0.2) is 41.8 Å². The van der Waals surface area contributed by atoms with Crippen LogP contribution in [0.1, 0.15) is 18.5 Å². The molecule has 0 amide bonds. The standard InChI is InChI=1S/C13H17N3OS/c1-2-17-12-6-4-3-5-10(12)11(14)9-18-13-15-7-8-16-13/h3-8,11H,2,9,14H2,1H3,(H,15,16). The van der Waals surface area contributed by atoms with Crippen molar-refractivity contribution in [3.8, 4) is 5.75 Å². The van der Waals surface area contributed by atoms with Crippen LogP contribution in [0, 0.1) is 0 Å². The maximum Gasteiger partial charge on any atom is 0.165 e. The van der Waals surface area contributed by atoms with Gasteiger partial charge in [0.25, 0.3) is 0 Å². The van der Waals surface area contributed by atoms with Gasteiger partial charge in [-0.2, -0.15) is 0 Å². The average Bonchev–Trinajstić information content (AvgIpc) is 2.90. The number of rotatable bonds is 6. The van der Waals surface area contributed by atoms with Crippen molar-refractivity contribution in [2.75, 3.05) is 12.4 Å². The number of imidazole rings is 1. The van der Waals surface area contributed by atoms with E-state index in [4.69, 9.17) is 10.5 Å². The van der Waals surface area contributed by atoms with Crippen LogP contribution in [0.4, 0.5) is 0 Å². The summed E-state index contributed by atoms with van der Waals surface area (Å²) in [5.41, 5.74) is 7.24. The number of para-hydroxylation sites is 1. The first-order valence-electron chi connectivity index (χ1n) is 5.90. The van der Waals surface area contributed by atoms with Gasteiger partial charge >= 0.3 is 0 Å². The predicted octanol–water partition coefficient (Wildman–Crippen LogP) is 2.60. The Morgan fingerprint density at radius 2 is 2.28 bits per heavy atom. The molecule has 0 saturated carbocycles. The summed E-state index contributed by atoms with van der Waals surface area (Å²) >= 11 is 1.61. The molecule has 18 heavy (non-hydrogen) atoms. The Kier molecular flexibility index (Phi) is 4.66. The maximum atomic E-state index is 6.20. The average molecular weight is 263 g/mol. The summed E-state index contributed by atoms with van der Waals surface area (Å²) in [4.78, 5) is 7.21. The smallest absolute Gasteiger partial charge is 0.165 e. The molecule has 0 saturated heterocycles. The Morgan fingerprint density at radius 1 is 1.44 bits per heavy atom. The zero-order valence-corrected chi connectivity index (χ0v) is 11.1. The van der Waals surface area contributed by atoms with Crippen molar-refractivity contribution in [2.24, 2.45) is 5.73 Å². The number of benzene rings is 1. The van der Waals surface area contributed by atoms with Crippen LogP contribution >= 0.6 is 11.8 Å². The van der Waals surface area contributed by atoms with Crippen LogP contribution in [0.25, 0.3) is 0 Å². The lowest BCUT2D eigenvalue weighted by Gasteiger charge is -2.15. The molecular weight excluding hydrogens is 246 g/mol. The lowest BCUT2D eigenvalue weighted by Crippen LogP contribution is -2.14. The van der Waals surface area contributed by atoms with Gasteiger partial charge in [-0.25, -0.2) is 4.98 Å². The first kappa shape index (κ1) is 13.0. The Hall–Kier alpha value is -1.46. The monoisotopic (exact) mass is 263 g/mol. The van der Waals surface area contributed by atoms with Gasteiger partial charge in [-0.3, -0.25) is 0 Å². The van der Waals surface area contributed by atoms with Crippen LogP contribution in [0.3, 0.4) is 0 Å². The highest BCUT2D eigenvalue weighted by atomic mass is 32.2. The quantitative estimate of drug-likeness (QED) is 0.786. The van der Waals surface area contributed by atoms with Crippen LogP contribution in [-0.2, 0) is 0 Å². The summed E-state index contributed by atoms with van der Waals surface area (Å²) in [6, 6.07) is 7.84. The van der Waals surface area contributed by atoms with Gasteiger partial charge in [-0.05, 0) is 13.0 Å². The molecule has 0 spiro atoms. The van der Waals surface area contributed by atoms with Gasteiger partial charge in [0.2, 0.25) is 0 Å². The first-order valence-corrected chi connectivity index (χ1v) is 6.89. The summed E-state index contributed by atoms with van der Waals surface area (Å²) in [6.07, 6.45) is 3.55. The molecule has 3 N–H and O–H groups in total. The van der Waals surface area contributed by atoms with Gasteiger partial charge in [-0.1, -0.05) is 30.0 Å². The highest BCUT2D eigenvalue weighted by Crippen LogP contribution is 2.27. The fraction of sp³-hybridized carbons (Fsp3) is 0.308. The third-order valence-corrected chi connectivity index (χ3v) is 3.51. The molecule has 0 aliphatic carbocycles. The van der Waals surface area contributed by atoms with Crippen LogP contribution in [0.2, 0.25) is 0 Å². The van der Waals surface area contributed by atoms with Gasteiger partial charge in [0.05, 0.1) is 6.61 Å². The number of ether oxygens (including phenoxy) is 1. The number of nitrogens with zero attached hydrogens (tertiary/aromatic N) is 1. The molecule has 2 rings (SSSR count). The second kappa shape index (κ2) is 6.47. The summed E-state index contributed by atoms with van der Waals surface area (Å²) in [6.45, 7) is 2.62. The van der Waals surface area contributed by atoms with Crippen molar-refractivity contribution in [2.45, 2.75) is 18.1 Å². The molecule has 4 nitrogen and oxygen atoms in total. The third-order valence-electron chi connectivity index (χ3n) is 2.49. The van der Waals surface area contributed by atoms with E-state index in [1.54, 1.807) is 18.0 Å². The summed E-state index contributed by atoms with van der Waals surface area (Å²) in [7, 11) is 0. The second-order valence-electron chi connectivity index (χ2n) is 3.78. The van der Waals surface area contributed by atoms with Gasteiger partial charge in [0.1, 0.15) is 5.75 Å². The van der Waals surface area contributed by atoms with Crippen LogP contribution in [-0.4, -0.2) is 22.3 Å². The van der Waals surface area contributed by atoms with E-state index >= 15 is 0 Å². The van der Waals surface area contributed by atoms with Gasteiger partial charge in [-0.15, -0.1) is 0 Å². The lowest BCUT2D eigenvalue weighted by atomic mass is 10.1. The number of hydrogen-bond acceptors (Lipinski definition) is 4. The van der Waals surface area contributed by atoms with Crippen molar-refractivity contribution in [1.82, 2.24) is 9.97 Å². The second-order valence-corrected chi connectivity index (χ2v) is 4.79. The third kappa shape index (κ3) is 3.27. The van der Waals surface area contributed by atoms with Crippen molar-refractivity contribution < 1.29 is 4.74 Å². The molecule has 1 aromatic heterocycles. The molecule has 0 aliphatic heterocycles. The summed E-state index contributed by atoms with van der Waals surface area (Å²) in [5.74, 6) is 1.63. The van der Waals surface area contributed by atoms with E-state index in [1.807, 2.05) is 37.4 Å². The zero-order chi connectivity index (χ0) is 12.8.